The van der Waals surface area contributed by atoms with Gasteiger partial charge < -0.3 is 10.2 Å². The third kappa shape index (κ3) is 4.13. The molecule has 0 aliphatic carbocycles. The third-order valence-electron chi connectivity index (χ3n) is 3.60. The Hall–Kier alpha value is -1.29. The van der Waals surface area contributed by atoms with Crippen LogP contribution in [0.2, 0.25) is 10.0 Å². The molecule has 0 radical (unpaired) electrons. The SMILES string of the molecule is Cc1cccc(NC(=S)N(C)Cc2ccc(Cl)c(Cl)c2)c1C. The zero-order chi connectivity index (χ0) is 16.3. The Balaban J connectivity index is 2.06. The summed E-state index contributed by atoms with van der Waals surface area (Å²) >= 11 is 17.5. The van der Waals surface area contributed by atoms with E-state index in [0.717, 1.165) is 11.3 Å². The van der Waals surface area contributed by atoms with Gasteiger partial charge in [0.25, 0.3) is 0 Å². The van der Waals surface area contributed by atoms with E-state index < -0.39 is 0 Å². The first-order valence-electron chi connectivity index (χ1n) is 6.90. The van der Waals surface area contributed by atoms with Crippen LogP contribution in [0.3, 0.4) is 0 Å². The highest BCUT2D eigenvalue weighted by atomic mass is 35.5. The molecule has 0 unspecified atom stereocenters. The highest BCUT2D eigenvalue weighted by molar-refractivity contribution is 7.80. The summed E-state index contributed by atoms with van der Waals surface area (Å²) in [5, 5.41) is 5.08. The molecule has 1 N–H and O–H groups in total. The Labute approximate surface area is 147 Å². The van der Waals surface area contributed by atoms with Gasteiger partial charge >= 0.3 is 0 Å². The van der Waals surface area contributed by atoms with E-state index in [4.69, 9.17) is 35.4 Å². The Morgan fingerprint density at radius 2 is 1.86 bits per heavy atom. The van der Waals surface area contributed by atoms with Gasteiger partial charge in [0.1, 0.15) is 0 Å². The van der Waals surface area contributed by atoms with Crippen LogP contribution < -0.4 is 5.32 Å². The quantitative estimate of drug-likeness (QED) is 0.740. The largest absolute Gasteiger partial charge is 0.348 e. The number of hydrogen-bond acceptors (Lipinski definition) is 1. The van der Waals surface area contributed by atoms with Crippen LogP contribution in [0.15, 0.2) is 36.4 Å². The van der Waals surface area contributed by atoms with Crippen LogP contribution in [-0.4, -0.2) is 17.1 Å². The fraction of sp³-hybridized carbons (Fsp3) is 0.235. The Bertz CT molecular complexity index is 701. The smallest absolute Gasteiger partial charge is 0.173 e. The highest BCUT2D eigenvalue weighted by Crippen LogP contribution is 2.23. The summed E-state index contributed by atoms with van der Waals surface area (Å²) in [5.74, 6) is 0. The predicted molar refractivity (Wildman–Crippen MR) is 100 cm³/mol. The van der Waals surface area contributed by atoms with Crippen LogP contribution in [0.25, 0.3) is 0 Å². The lowest BCUT2D eigenvalue weighted by Crippen LogP contribution is -2.30. The van der Waals surface area contributed by atoms with Gasteiger partial charge in [0, 0.05) is 19.3 Å². The van der Waals surface area contributed by atoms with E-state index in [1.165, 1.54) is 11.1 Å². The average Bonchev–Trinajstić information content (AvgIpc) is 2.47. The number of nitrogens with zero attached hydrogens (tertiary/aromatic N) is 1. The zero-order valence-electron chi connectivity index (χ0n) is 12.8. The number of hydrogen-bond donors (Lipinski definition) is 1. The van der Waals surface area contributed by atoms with Crippen LogP contribution in [0.1, 0.15) is 16.7 Å². The van der Waals surface area contributed by atoms with Crippen molar-refractivity contribution in [2.75, 3.05) is 12.4 Å². The maximum Gasteiger partial charge on any atom is 0.173 e. The number of benzene rings is 2. The number of rotatable bonds is 3. The fourth-order valence-corrected chi connectivity index (χ4v) is 2.58. The minimum atomic E-state index is 0.556. The first-order valence-corrected chi connectivity index (χ1v) is 8.07. The molecule has 2 nitrogen and oxygen atoms in total. The topological polar surface area (TPSA) is 15.3 Å². The number of anilines is 1. The van der Waals surface area contributed by atoms with Crippen molar-refractivity contribution in [3.05, 3.63) is 63.1 Å². The van der Waals surface area contributed by atoms with Crippen molar-refractivity contribution >= 4 is 46.2 Å². The van der Waals surface area contributed by atoms with Gasteiger partial charge in [0.2, 0.25) is 0 Å². The average molecular weight is 353 g/mol. The van der Waals surface area contributed by atoms with Crippen LogP contribution in [0.4, 0.5) is 5.69 Å². The molecule has 0 amide bonds. The molecular formula is C17H18Cl2N2S. The van der Waals surface area contributed by atoms with E-state index in [-0.39, 0.29) is 0 Å². The summed E-state index contributed by atoms with van der Waals surface area (Å²) in [6.45, 7) is 4.83. The molecule has 0 saturated carbocycles. The summed E-state index contributed by atoms with van der Waals surface area (Å²) in [6.07, 6.45) is 0. The molecule has 22 heavy (non-hydrogen) atoms. The van der Waals surface area contributed by atoms with Gasteiger partial charge in [-0.15, -0.1) is 0 Å². The Kier molecular flexibility index (Phi) is 5.68. The number of thiocarbonyl (C=S) groups is 1. The van der Waals surface area contributed by atoms with E-state index in [2.05, 4.69) is 25.2 Å². The lowest BCUT2D eigenvalue weighted by atomic mass is 10.1. The van der Waals surface area contributed by atoms with Crippen molar-refractivity contribution in [2.24, 2.45) is 0 Å². The van der Waals surface area contributed by atoms with Crippen LogP contribution in [-0.2, 0) is 6.54 Å². The first-order chi connectivity index (χ1) is 10.4. The van der Waals surface area contributed by atoms with Gasteiger partial charge in [-0.25, -0.2) is 0 Å². The second-order valence-electron chi connectivity index (χ2n) is 5.28. The minimum absolute atomic E-state index is 0.556. The molecule has 0 bridgehead atoms. The fourth-order valence-electron chi connectivity index (χ4n) is 2.08. The summed E-state index contributed by atoms with van der Waals surface area (Å²) in [5.41, 5.74) is 4.53. The molecule has 0 aliphatic rings. The number of nitrogens with one attached hydrogen (secondary N) is 1. The molecule has 0 spiro atoms. The normalized spacial score (nSPS) is 10.4. The van der Waals surface area contributed by atoms with Gasteiger partial charge in [-0.3, -0.25) is 0 Å². The molecule has 0 aromatic heterocycles. The van der Waals surface area contributed by atoms with Gasteiger partial charge in [0.15, 0.2) is 5.11 Å². The van der Waals surface area contributed by atoms with E-state index in [9.17, 15) is 0 Å². The van der Waals surface area contributed by atoms with Crippen molar-refractivity contribution in [1.29, 1.82) is 0 Å². The lowest BCUT2D eigenvalue weighted by Gasteiger charge is -2.22. The van der Waals surface area contributed by atoms with E-state index in [1.807, 2.05) is 36.2 Å². The van der Waals surface area contributed by atoms with Gasteiger partial charge in [-0.05, 0) is 61.0 Å². The van der Waals surface area contributed by atoms with Gasteiger partial charge in [-0.1, -0.05) is 41.4 Å². The van der Waals surface area contributed by atoms with Gasteiger partial charge in [0.05, 0.1) is 10.0 Å². The Morgan fingerprint density at radius 1 is 1.14 bits per heavy atom. The van der Waals surface area contributed by atoms with Crippen molar-refractivity contribution in [3.8, 4) is 0 Å². The van der Waals surface area contributed by atoms with E-state index in [1.54, 1.807) is 6.07 Å². The molecule has 2 aromatic rings. The third-order valence-corrected chi connectivity index (χ3v) is 4.75. The summed E-state index contributed by atoms with van der Waals surface area (Å²) < 4.78 is 0. The van der Waals surface area contributed by atoms with Crippen molar-refractivity contribution in [1.82, 2.24) is 4.90 Å². The molecule has 0 saturated heterocycles. The molecule has 5 heteroatoms. The van der Waals surface area contributed by atoms with Crippen molar-refractivity contribution in [2.45, 2.75) is 20.4 Å². The summed E-state index contributed by atoms with van der Waals surface area (Å²) in [6, 6.07) is 11.7. The van der Waals surface area contributed by atoms with Crippen LogP contribution in [0, 0.1) is 13.8 Å². The summed E-state index contributed by atoms with van der Waals surface area (Å²) in [4.78, 5) is 1.97. The van der Waals surface area contributed by atoms with Gasteiger partial charge in [-0.2, -0.15) is 0 Å². The predicted octanol–water partition coefficient (Wildman–Crippen LogP) is 5.44. The van der Waals surface area contributed by atoms with E-state index >= 15 is 0 Å². The molecule has 0 fully saturated rings. The Morgan fingerprint density at radius 3 is 2.55 bits per heavy atom. The standard InChI is InChI=1S/C17H18Cl2N2S/c1-11-5-4-6-16(12(11)2)20-17(22)21(3)10-13-7-8-14(18)15(19)9-13/h4-9H,10H2,1-3H3,(H,20,22). The molecule has 0 atom stereocenters. The molecule has 0 heterocycles. The van der Waals surface area contributed by atoms with Crippen molar-refractivity contribution in [3.63, 3.8) is 0 Å². The molecule has 116 valence electrons. The monoisotopic (exact) mass is 352 g/mol. The molecular weight excluding hydrogens is 335 g/mol. The highest BCUT2D eigenvalue weighted by Gasteiger charge is 2.09. The number of halogens is 2. The second kappa shape index (κ2) is 7.32. The number of aryl methyl sites for hydroxylation is 1. The lowest BCUT2D eigenvalue weighted by molar-refractivity contribution is 0.508. The van der Waals surface area contributed by atoms with Crippen molar-refractivity contribution < 1.29 is 0 Å². The molecule has 0 aliphatic heterocycles. The zero-order valence-corrected chi connectivity index (χ0v) is 15.1. The minimum Gasteiger partial charge on any atom is -0.348 e. The van der Waals surface area contributed by atoms with E-state index in [0.29, 0.717) is 21.7 Å². The maximum atomic E-state index is 6.05. The van der Waals surface area contributed by atoms with Crippen LogP contribution in [0.5, 0.6) is 0 Å². The first kappa shape index (κ1) is 17.1. The van der Waals surface area contributed by atoms with Crippen LogP contribution >= 0.6 is 35.4 Å². The molecule has 2 rings (SSSR count). The maximum absolute atomic E-state index is 6.05. The molecule has 2 aromatic carbocycles. The summed E-state index contributed by atoms with van der Waals surface area (Å²) in [7, 11) is 1.95. The second-order valence-corrected chi connectivity index (χ2v) is 6.48.